The first-order valence-electron chi connectivity index (χ1n) is 5.32. The third kappa shape index (κ3) is 4.39. The van der Waals surface area contributed by atoms with Crippen LogP contribution in [0.15, 0.2) is 11.4 Å². The summed E-state index contributed by atoms with van der Waals surface area (Å²) in [6.07, 6.45) is 1.74. The van der Waals surface area contributed by atoms with Crippen molar-refractivity contribution < 1.29 is 5.11 Å². The van der Waals surface area contributed by atoms with E-state index < -0.39 is 0 Å². The SMILES string of the molecule is Cn1c(CO)cnc1SCCSC(C)(C)C. The van der Waals surface area contributed by atoms with Crippen molar-refractivity contribution in [3.8, 4) is 0 Å². The van der Waals surface area contributed by atoms with Gasteiger partial charge in [-0.3, -0.25) is 0 Å². The van der Waals surface area contributed by atoms with Gasteiger partial charge in [0.1, 0.15) is 0 Å². The highest BCUT2D eigenvalue weighted by atomic mass is 32.2. The van der Waals surface area contributed by atoms with E-state index in [2.05, 4.69) is 25.8 Å². The topological polar surface area (TPSA) is 38.0 Å². The fraction of sp³-hybridized carbons (Fsp3) is 0.727. The van der Waals surface area contributed by atoms with Crippen molar-refractivity contribution in [3.05, 3.63) is 11.9 Å². The van der Waals surface area contributed by atoms with Crippen molar-refractivity contribution in [3.63, 3.8) is 0 Å². The van der Waals surface area contributed by atoms with E-state index in [0.29, 0.717) is 4.75 Å². The van der Waals surface area contributed by atoms with E-state index in [1.54, 1.807) is 18.0 Å². The molecule has 0 aliphatic heterocycles. The zero-order chi connectivity index (χ0) is 12.2. The summed E-state index contributed by atoms with van der Waals surface area (Å²) in [5.74, 6) is 2.17. The van der Waals surface area contributed by atoms with Crippen LogP contribution < -0.4 is 0 Å². The lowest BCUT2D eigenvalue weighted by Gasteiger charge is -2.16. The van der Waals surface area contributed by atoms with Crippen LogP contribution >= 0.6 is 23.5 Å². The van der Waals surface area contributed by atoms with Crippen LogP contribution in [-0.4, -0.2) is 30.9 Å². The second-order valence-electron chi connectivity index (χ2n) is 4.56. The number of thioether (sulfide) groups is 2. The maximum Gasteiger partial charge on any atom is 0.167 e. The first kappa shape index (κ1) is 13.9. The largest absolute Gasteiger partial charge is 0.390 e. The molecule has 1 heterocycles. The number of aromatic nitrogens is 2. The number of nitrogens with zero attached hydrogens (tertiary/aromatic N) is 2. The second-order valence-corrected chi connectivity index (χ2v) is 7.54. The molecule has 3 nitrogen and oxygen atoms in total. The smallest absolute Gasteiger partial charge is 0.167 e. The first-order chi connectivity index (χ1) is 7.44. The Bertz CT molecular complexity index is 331. The molecule has 5 heteroatoms. The number of hydrogen-bond donors (Lipinski definition) is 1. The molecule has 0 aliphatic rings. The predicted octanol–water partition coefficient (Wildman–Crippen LogP) is 2.54. The Hall–Kier alpha value is -0.130. The monoisotopic (exact) mass is 260 g/mol. The maximum atomic E-state index is 9.04. The summed E-state index contributed by atoms with van der Waals surface area (Å²) >= 11 is 3.71. The Morgan fingerprint density at radius 3 is 2.56 bits per heavy atom. The number of hydrogen-bond acceptors (Lipinski definition) is 4. The molecule has 0 saturated heterocycles. The Balaban J connectivity index is 2.35. The van der Waals surface area contributed by atoms with Gasteiger partial charge in [-0.2, -0.15) is 11.8 Å². The normalized spacial score (nSPS) is 12.1. The highest BCUT2D eigenvalue weighted by molar-refractivity contribution is 8.03. The number of rotatable bonds is 5. The summed E-state index contributed by atoms with van der Waals surface area (Å²) in [4.78, 5) is 4.28. The van der Waals surface area contributed by atoms with Gasteiger partial charge in [0, 0.05) is 23.3 Å². The lowest BCUT2D eigenvalue weighted by molar-refractivity contribution is 0.271. The Kier molecular flexibility index (Phi) is 5.21. The number of imidazole rings is 1. The van der Waals surface area contributed by atoms with E-state index >= 15 is 0 Å². The van der Waals surface area contributed by atoms with Gasteiger partial charge in [-0.05, 0) is 0 Å². The zero-order valence-electron chi connectivity index (χ0n) is 10.4. The van der Waals surface area contributed by atoms with Crippen molar-refractivity contribution in [1.82, 2.24) is 9.55 Å². The quantitative estimate of drug-likeness (QED) is 0.652. The minimum absolute atomic E-state index is 0.0564. The van der Waals surface area contributed by atoms with E-state index in [9.17, 15) is 0 Å². The molecule has 1 aromatic heterocycles. The predicted molar refractivity (Wildman–Crippen MR) is 72.1 cm³/mol. The summed E-state index contributed by atoms with van der Waals surface area (Å²) in [5.41, 5.74) is 0.867. The van der Waals surface area contributed by atoms with E-state index in [1.165, 1.54) is 0 Å². The Morgan fingerprint density at radius 1 is 1.38 bits per heavy atom. The van der Waals surface area contributed by atoms with Crippen LogP contribution in [-0.2, 0) is 13.7 Å². The van der Waals surface area contributed by atoms with Crippen LogP contribution in [0.25, 0.3) is 0 Å². The van der Waals surface area contributed by atoms with Crippen LogP contribution in [0.5, 0.6) is 0 Å². The van der Waals surface area contributed by atoms with Crippen molar-refractivity contribution in [2.45, 2.75) is 37.3 Å². The molecule has 1 aromatic rings. The van der Waals surface area contributed by atoms with E-state index in [0.717, 1.165) is 22.4 Å². The minimum atomic E-state index is 0.0564. The molecule has 0 radical (unpaired) electrons. The molecule has 0 atom stereocenters. The molecule has 1 rings (SSSR count). The highest BCUT2D eigenvalue weighted by Gasteiger charge is 2.11. The molecule has 92 valence electrons. The summed E-state index contributed by atoms with van der Waals surface area (Å²) in [5, 5.41) is 10.0. The van der Waals surface area contributed by atoms with Crippen molar-refractivity contribution >= 4 is 23.5 Å². The van der Waals surface area contributed by atoms with Gasteiger partial charge in [-0.25, -0.2) is 4.98 Å². The van der Waals surface area contributed by atoms with Crippen LogP contribution in [0, 0.1) is 0 Å². The van der Waals surface area contributed by atoms with Crippen molar-refractivity contribution in [2.75, 3.05) is 11.5 Å². The lowest BCUT2D eigenvalue weighted by Crippen LogP contribution is -2.09. The molecule has 0 fully saturated rings. The minimum Gasteiger partial charge on any atom is -0.390 e. The maximum absolute atomic E-state index is 9.04. The summed E-state index contributed by atoms with van der Waals surface area (Å²) in [6.45, 7) is 6.74. The standard InChI is InChI=1S/C11H20N2OS2/c1-11(2,3)16-6-5-15-10-12-7-9(8-14)13(10)4/h7,14H,5-6,8H2,1-4H3. The van der Waals surface area contributed by atoms with Gasteiger partial charge in [-0.15, -0.1) is 0 Å². The average Bonchev–Trinajstić information content (AvgIpc) is 2.53. The van der Waals surface area contributed by atoms with Crippen molar-refractivity contribution in [2.24, 2.45) is 7.05 Å². The van der Waals surface area contributed by atoms with Gasteiger partial charge >= 0.3 is 0 Å². The lowest BCUT2D eigenvalue weighted by atomic mass is 10.3. The molecule has 0 unspecified atom stereocenters. The highest BCUT2D eigenvalue weighted by Crippen LogP contribution is 2.25. The van der Waals surface area contributed by atoms with E-state index in [1.807, 2.05) is 23.4 Å². The fourth-order valence-corrected chi connectivity index (χ4v) is 3.09. The summed E-state index contributed by atoms with van der Waals surface area (Å²) < 4.78 is 2.28. The molecule has 0 aromatic carbocycles. The summed E-state index contributed by atoms with van der Waals surface area (Å²) in [6, 6.07) is 0. The van der Waals surface area contributed by atoms with Gasteiger partial charge in [0.25, 0.3) is 0 Å². The van der Waals surface area contributed by atoms with Gasteiger partial charge in [0.2, 0.25) is 0 Å². The van der Waals surface area contributed by atoms with Crippen LogP contribution in [0.2, 0.25) is 0 Å². The van der Waals surface area contributed by atoms with Crippen LogP contribution in [0.1, 0.15) is 26.5 Å². The molecular formula is C11H20N2OS2. The van der Waals surface area contributed by atoms with Gasteiger partial charge < -0.3 is 9.67 Å². The Labute approximate surface area is 106 Å². The average molecular weight is 260 g/mol. The molecule has 0 aliphatic carbocycles. The molecular weight excluding hydrogens is 240 g/mol. The van der Waals surface area contributed by atoms with Gasteiger partial charge in [0.05, 0.1) is 18.5 Å². The molecule has 0 saturated carbocycles. The molecule has 0 amide bonds. The van der Waals surface area contributed by atoms with Gasteiger partial charge in [-0.1, -0.05) is 32.5 Å². The van der Waals surface area contributed by atoms with Crippen LogP contribution in [0.3, 0.4) is 0 Å². The van der Waals surface area contributed by atoms with Crippen molar-refractivity contribution in [1.29, 1.82) is 0 Å². The van der Waals surface area contributed by atoms with Gasteiger partial charge in [0.15, 0.2) is 5.16 Å². The van der Waals surface area contributed by atoms with Crippen LogP contribution in [0.4, 0.5) is 0 Å². The molecule has 1 N–H and O–H groups in total. The third-order valence-corrected chi connectivity index (χ3v) is 4.63. The molecule has 16 heavy (non-hydrogen) atoms. The molecule has 0 bridgehead atoms. The number of aliphatic hydroxyl groups is 1. The first-order valence-corrected chi connectivity index (χ1v) is 7.29. The zero-order valence-corrected chi connectivity index (χ0v) is 12.0. The van der Waals surface area contributed by atoms with E-state index in [4.69, 9.17) is 5.11 Å². The fourth-order valence-electron chi connectivity index (χ4n) is 1.19. The second kappa shape index (κ2) is 5.98. The number of aliphatic hydroxyl groups excluding tert-OH is 1. The van der Waals surface area contributed by atoms with E-state index in [-0.39, 0.29) is 6.61 Å². The summed E-state index contributed by atoms with van der Waals surface area (Å²) in [7, 11) is 1.94. The molecule has 0 spiro atoms. The Morgan fingerprint density at radius 2 is 2.06 bits per heavy atom. The third-order valence-electron chi connectivity index (χ3n) is 2.05.